The Hall–Kier alpha value is -1.61. The lowest BCUT2D eigenvalue weighted by Gasteiger charge is -2.17. The van der Waals surface area contributed by atoms with Gasteiger partial charge in [-0.1, -0.05) is 31.2 Å². The monoisotopic (exact) mass is 229 g/mol. The first-order valence-corrected chi connectivity index (χ1v) is 6.04. The Morgan fingerprint density at radius 1 is 1.29 bits per heavy atom. The Kier molecular flexibility index (Phi) is 3.59. The number of rotatable bonds is 4. The summed E-state index contributed by atoms with van der Waals surface area (Å²) >= 11 is 0. The molecule has 1 N–H and O–H groups in total. The number of nitrogens with one attached hydrogen (secondary N) is 1. The van der Waals surface area contributed by atoms with Crippen molar-refractivity contribution in [2.24, 2.45) is 7.05 Å². The first-order valence-electron chi connectivity index (χ1n) is 6.04. The minimum Gasteiger partial charge on any atom is -0.310 e. The third-order valence-corrected chi connectivity index (χ3v) is 3.03. The number of benzene rings is 1. The van der Waals surface area contributed by atoms with E-state index in [1.165, 1.54) is 11.1 Å². The minimum atomic E-state index is 0.353. The molecule has 0 saturated carbocycles. The summed E-state index contributed by atoms with van der Waals surface area (Å²) in [5.41, 5.74) is 3.73. The summed E-state index contributed by atoms with van der Waals surface area (Å²) in [6.07, 6.45) is 1.84. The Bertz CT molecular complexity index is 488. The molecule has 90 valence electrons. The van der Waals surface area contributed by atoms with Crippen LogP contribution in [0.1, 0.15) is 25.5 Å². The second-order valence-electron chi connectivity index (χ2n) is 4.21. The van der Waals surface area contributed by atoms with E-state index in [1.54, 1.807) is 0 Å². The second-order valence-corrected chi connectivity index (χ2v) is 4.21. The van der Waals surface area contributed by atoms with E-state index >= 15 is 0 Å². The maximum atomic E-state index is 4.24. The number of aryl methyl sites for hydroxylation is 1. The number of nitrogens with zero attached hydrogens (tertiary/aromatic N) is 2. The molecule has 0 fully saturated rings. The normalized spacial score (nSPS) is 12.6. The van der Waals surface area contributed by atoms with Crippen molar-refractivity contribution in [1.82, 2.24) is 15.1 Å². The predicted molar refractivity (Wildman–Crippen MR) is 70.7 cm³/mol. The highest BCUT2D eigenvalue weighted by atomic mass is 15.3. The molecule has 3 nitrogen and oxygen atoms in total. The summed E-state index contributed by atoms with van der Waals surface area (Å²) in [7, 11) is 1.98. The van der Waals surface area contributed by atoms with Gasteiger partial charge >= 0.3 is 0 Å². The van der Waals surface area contributed by atoms with Gasteiger partial charge in [-0.2, -0.15) is 5.10 Å². The largest absolute Gasteiger partial charge is 0.310 e. The predicted octanol–water partition coefficient (Wildman–Crippen LogP) is 2.76. The van der Waals surface area contributed by atoms with Crippen molar-refractivity contribution < 1.29 is 0 Å². The fraction of sp³-hybridized carbons (Fsp3) is 0.357. The Morgan fingerprint density at radius 3 is 2.71 bits per heavy atom. The van der Waals surface area contributed by atoms with E-state index in [0.29, 0.717) is 6.04 Å². The van der Waals surface area contributed by atoms with Crippen molar-refractivity contribution in [3.8, 4) is 11.3 Å². The molecule has 1 aromatic heterocycles. The molecule has 1 heterocycles. The standard InChI is InChI=1S/C14H19N3/c1-4-15-11(2)12-7-5-6-8-13(12)14-9-10-16-17(14)3/h5-11,15H,4H2,1-3H3. The van der Waals surface area contributed by atoms with Crippen LogP contribution in [-0.2, 0) is 7.05 Å². The SMILES string of the molecule is CCNC(C)c1ccccc1-c1ccnn1C. The van der Waals surface area contributed by atoms with Crippen LogP contribution < -0.4 is 5.32 Å². The Morgan fingerprint density at radius 2 is 2.06 bits per heavy atom. The van der Waals surface area contributed by atoms with E-state index in [1.807, 2.05) is 17.9 Å². The van der Waals surface area contributed by atoms with Crippen LogP contribution in [0.25, 0.3) is 11.3 Å². The number of hydrogen-bond acceptors (Lipinski definition) is 2. The molecule has 0 bridgehead atoms. The van der Waals surface area contributed by atoms with Crippen LogP contribution in [0.15, 0.2) is 36.5 Å². The van der Waals surface area contributed by atoms with Gasteiger partial charge in [-0.3, -0.25) is 4.68 Å². The lowest BCUT2D eigenvalue weighted by molar-refractivity contribution is 0.598. The molecule has 2 aromatic rings. The van der Waals surface area contributed by atoms with E-state index in [9.17, 15) is 0 Å². The zero-order valence-corrected chi connectivity index (χ0v) is 10.6. The lowest BCUT2D eigenvalue weighted by Crippen LogP contribution is -2.18. The van der Waals surface area contributed by atoms with Crippen LogP contribution in [0.5, 0.6) is 0 Å². The van der Waals surface area contributed by atoms with Crippen molar-refractivity contribution in [2.45, 2.75) is 19.9 Å². The van der Waals surface area contributed by atoms with Crippen molar-refractivity contribution in [3.63, 3.8) is 0 Å². The molecule has 0 spiro atoms. The smallest absolute Gasteiger partial charge is 0.0682 e. The maximum absolute atomic E-state index is 4.24. The maximum Gasteiger partial charge on any atom is 0.0682 e. The van der Waals surface area contributed by atoms with E-state index in [2.05, 4.69) is 54.6 Å². The molecule has 0 saturated heterocycles. The van der Waals surface area contributed by atoms with Crippen LogP contribution in [0.4, 0.5) is 0 Å². The van der Waals surface area contributed by atoms with E-state index in [0.717, 1.165) is 12.2 Å². The van der Waals surface area contributed by atoms with Gasteiger partial charge in [0.25, 0.3) is 0 Å². The number of aromatic nitrogens is 2. The van der Waals surface area contributed by atoms with Crippen LogP contribution in [-0.4, -0.2) is 16.3 Å². The molecule has 17 heavy (non-hydrogen) atoms. The Balaban J connectivity index is 2.44. The average Bonchev–Trinajstić information content (AvgIpc) is 2.76. The van der Waals surface area contributed by atoms with Crippen molar-refractivity contribution in [3.05, 3.63) is 42.1 Å². The summed E-state index contributed by atoms with van der Waals surface area (Å²) in [4.78, 5) is 0. The average molecular weight is 229 g/mol. The van der Waals surface area contributed by atoms with Gasteiger partial charge in [-0.05, 0) is 25.1 Å². The summed E-state index contributed by atoms with van der Waals surface area (Å²) < 4.78 is 1.91. The van der Waals surface area contributed by atoms with E-state index in [-0.39, 0.29) is 0 Å². The Labute approximate surface area is 102 Å². The van der Waals surface area contributed by atoms with Crippen LogP contribution in [0, 0.1) is 0 Å². The molecule has 0 radical (unpaired) electrons. The van der Waals surface area contributed by atoms with Crippen LogP contribution in [0.3, 0.4) is 0 Å². The third kappa shape index (κ3) is 2.39. The van der Waals surface area contributed by atoms with Crippen molar-refractivity contribution >= 4 is 0 Å². The highest BCUT2D eigenvalue weighted by Gasteiger charge is 2.12. The fourth-order valence-corrected chi connectivity index (χ4v) is 2.16. The molecule has 0 amide bonds. The molecule has 0 aliphatic heterocycles. The zero-order chi connectivity index (χ0) is 12.3. The fourth-order valence-electron chi connectivity index (χ4n) is 2.16. The molecule has 3 heteroatoms. The molecular formula is C14H19N3. The summed E-state index contributed by atoms with van der Waals surface area (Å²) in [5, 5.41) is 7.69. The van der Waals surface area contributed by atoms with Gasteiger partial charge in [0.15, 0.2) is 0 Å². The first kappa shape index (κ1) is 11.9. The minimum absolute atomic E-state index is 0.353. The van der Waals surface area contributed by atoms with Gasteiger partial charge in [-0.25, -0.2) is 0 Å². The quantitative estimate of drug-likeness (QED) is 0.873. The second kappa shape index (κ2) is 5.15. The van der Waals surface area contributed by atoms with E-state index in [4.69, 9.17) is 0 Å². The first-order chi connectivity index (χ1) is 8.24. The number of hydrogen-bond donors (Lipinski definition) is 1. The molecular weight excluding hydrogens is 210 g/mol. The molecule has 2 rings (SSSR count). The van der Waals surface area contributed by atoms with Crippen LogP contribution >= 0.6 is 0 Å². The molecule has 0 aliphatic carbocycles. The molecule has 1 aromatic carbocycles. The summed E-state index contributed by atoms with van der Waals surface area (Å²) in [6.45, 7) is 5.29. The van der Waals surface area contributed by atoms with Gasteiger partial charge in [0.05, 0.1) is 5.69 Å². The summed E-state index contributed by atoms with van der Waals surface area (Å²) in [6, 6.07) is 10.9. The van der Waals surface area contributed by atoms with Gasteiger partial charge < -0.3 is 5.32 Å². The van der Waals surface area contributed by atoms with Gasteiger partial charge in [-0.15, -0.1) is 0 Å². The highest BCUT2D eigenvalue weighted by Crippen LogP contribution is 2.27. The molecule has 1 unspecified atom stereocenters. The van der Waals surface area contributed by atoms with Crippen LogP contribution in [0.2, 0.25) is 0 Å². The van der Waals surface area contributed by atoms with Crippen molar-refractivity contribution in [1.29, 1.82) is 0 Å². The third-order valence-electron chi connectivity index (χ3n) is 3.03. The molecule has 1 atom stereocenters. The molecule has 0 aliphatic rings. The van der Waals surface area contributed by atoms with E-state index < -0.39 is 0 Å². The van der Waals surface area contributed by atoms with Gasteiger partial charge in [0.1, 0.15) is 0 Å². The van der Waals surface area contributed by atoms with Gasteiger partial charge in [0, 0.05) is 24.8 Å². The lowest BCUT2D eigenvalue weighted by atomic mass is 9.99. The van der Waals surface area contributed by atoms with Gasteiger partial charge in [0.2, 0.25) is 0 Å². The summed E-state index contributed by atoms with van der Waals surface area (Å²) in [5.74, 6) is 0. The van der Waals surface area contributed by atoms with Crippen molar-refractivity contribution in [2.75, 3.05) is 6.54 Å². The highest BCUT2D eigenvalue weighted by molar-refractivity contribution is 5.64. The zero-order valence-electron chi connectivity index (χ0n) is 10.6. The topological polar surface area (TPSA) is 29.9 Å².